The molecule has 7 heteroatoms. The number of carbonyl (C=O) groups is 1. The maximum Gasteiger partial charge on any atom is 0.250 e. The molecule has 0 aliphatic carbocycles. The van der Waals surface area contributed by atoms with Crippen LogP contribution >= 0.6 is 12.4 Å². The summed E-state index contributed by atoms with van der Waals surface area (Å²) < 4.78 is 26.1. The van der Waals surface area contributed by atoms with E-state index in [1.165, 1.54) is 0 Å². The largest absolute Gasteiger partial charge is 0.306 e. The van der Waals surface area contributed by atoms with Crippen LogP contribution < -0.4 is 10.0 Å². The average molecular weight is 333 g/mol. The smallest absolute Gasteiger partial charge is 0.250 e. The fourth-order valence-electron chi connectivity index (χ4n) is 2.36. The number of halogens is 1. The van der Waals surface area contributed by atoms with E-state index in [2.05, 4.69) is 17.0 Å². The van der Waals surface area contributed by atoms with Crippen molar-refractivity contribution in [2.24, 2.45) is 5.92 Å². The molecular formula is C14H21ClN2O3S. The van der Waals surface area contributed by atoms with E-state index in [9.17, 15) is 13.2 Å². The first kappa shape index (κ1) is 17.9. The van der Waals surface area contributed by atoms with Crippen molar-refractivity contribution in [3.8, 4) is 0 Å². The topological polar surface area (TPSA) is 75.3 Å². The molecule has 1 saturated heterocycles. The lowest BCUT2D eigenvalue weighted by Crippen LogP contribution is -2.50. The third kappa shape index (κ3) is 5.65. The molecule has 2 N–H and O–H groups in total. The summed E-state index contributed by atoms with van der Waals surface area (Å²) in [5.41, 5.74) is 0.665. The van der Waals surface area contributed by atoms with Gasteiger partial charge < -0.3 is 5.32 Å². The average Bonchev–Trinajstić information content (AvgIpc) is 2.38. The van der Waals surface area contributed by atoms with Crippen LogP contribution in [0.4, 0.5) is 0 Å². The summed E-state index contributed by atoms with van der Waals surface area (Å²) in [6, 6.07) is 8.41. The van der Waals surface area contributed by atoms with E-state index >= 15 is 0 Å². The quantitative estimate of drug-likeness (QED) is 0.875. The highest BCUT2D eigenvalue weighted by Gasteiger charge is 2.27. The lowest BCUT2D eigenvalue weighted by molar-refractivity contribution is -0.122. The zero-order chi connectivity index (χ0) is 14.6. The molecule has 2 atom stereocenters. The van der Waals surface area contributed by atoms with Gasteiger partial charge in [-0.1, -0.05) is 37.3 Å². The van der Waals surface area contributed by atoms with Gasteiger partial charge >= 0.3 is 0 Å². The second-order valence-corrected chi connectivity index (χ2v) is 7.07. The van der Waals surface area contributed by atoms with Crippen molar-refractivity contribution < 1.29 is 13.2 Å². The zero-order valence-electron chi connectivity index (χ0n) is 11.9. The first-order valence-electron chi connectivity index (χ1n) is 6.78. The zero-order valence-corrected chi connectivity index (χ0v) is 13.5. The third-order valence-electron chi connectivity index (χ3n) is 3.44. The van der Waals surface area contributed by atoms with E-state index < -0.39 is 22.0 Å². The summed E-state index contributed by atoms with van der Waals surface area (Å²) in [6.45, 7) is 2.82. The molecule has 118 valence electrons. The maximum absolute atomic E-state index is 12.0. The number of rotatable bonds is 4. The van der Waals surface area contributed by atoms with Crippen molar-refractivity contribution in [1.82, 2.24) is 10.0 Å². The van der Waals surface area contributed by atoms with Crippen molar-refractivity contribution in [3.05, 3.63) is 35.9 Å². The molecule has 1 aromatic carbocycles. The van der Waals surface area contributed by atoms with Crippen molar-refractivity contribution in [2.75, 3.05) is 6.54 Å². The minimum atomic E-state index is -3.64. The number of sulfonamides is 1. The van der Waals surface area contributed by atoms with Gasteiger partial charge in [-0.25, -0.2) is 8.42 Å². The predicted octanol–water partition coefficient (Wildman–Crippen LogP) is 1.44. The predicted molar refractivity (Wildman–Crippen MR) is 84.6 cm³/mol. The molecule has 0 spiro atoms. The Morgan fingerprint density at radius 2 is 2.00 bits per heavy atom. The highest BCUT2D eigenvalue weighted by Crippen LogP contribution is 2.15. The van der Waals surface area contributed by atoms with Crippen LogP contribution in [0.1, 0.15) is 25.3 Å². The Hall–Kier alpha value is -1.11. The molecule has 0 aromatic heterocycles. The van der Waals surface area contributed by atoms with Gasteiger partial charge in [-0.3, -0.25) is 9.52 Å². The molecular weight excluding hydrogens is 312 g/mol. The van der Waals surface area contributed by atoms with Crippen molar-refractivity contribution in [2.45, 2.75) is 31.6 Å². The van der Waals surface area contributed by atoms with Crippen LogP contribution in [0, 0.1) is 5.92 Å². The van der Waals surface area contributed by atoms with Gasteiger partial charge in [-0.15, -0.1) is 12.4 Å². The lowest BCUT2D eigenvalue weighted by atomic mass is 9.94. The Balaban J connectivity index is 0.00000220. The normalized spacial score (nSPS) is 22.1. The Morgan fingerprint density at radius 3 is 2.62 bits per heavy atom. The van der Waals surface area contributed by atoms with Crippen LogP contribution in [0.3, 0.4) is 0 Å². The number of benzene rings is 1. The number of hydrogen-bond donors (Lipinski definition) is 2. The van der Waals surface area contributed by atoms with E-state index in [0.29, 0.717) is 17.9 Å². The molecule has 21 heavy (non-hydrogen) atoms. The van der Waals surface area contributed by atoms with Gasteiger partial charge in [-0.05, 0) is 30.9 Å². The molecule has 0 bridgehead atoms. The van der Waals surface area contributed by atoms with Crippen molar-refractivity contribution in [1.29, 1.82) is 0 Å². The van der Waals surface area contributed by atoms with Gasteiger partial charge in [0.15, 0.2) is 0 Å². The molecule has 0 radical (unpaired) electrons. The van der Waals surface area contributed by atoms with Gasteiger partial charge in [0.2, 0.25) is 10.0 Å². The first-order chi connectivity index (χ1) is 9.46. The second-order valence-electron chi connectivity index (χ2n) is 5.35. The molecule has 0 unspecified atom stereocenters. The van der Waals surface area contributed by atoms with Gasteiger partial charge in [0.1, 0.15) is 0 Å². The van der Waals surface area contributed by atoms with Crippen LogP contribution in [0.25, 0.3) is 0 Å². The van der Waals surface area contributed by atoms with E-state index in [-0.39, 0.29) is 18.2 Å². The second kappa shape index (κ2) is 7.77. The summed E-state index contributed by atoms with van der Waals surface area (Å²) in [4.78, 5) is 12.0. The Bertz CT molecular complexity index is 563. The summed E-state index contributed by atoms with van der Waals surface area (Å²) >= 11 is 0. The highest BCUT2D eigenvalue weighted by molar-refractivity contribution is 7.89. The fraction of sp³-hybridized carbons (Fsp3) is 0.500. The molecule has 1 heterocycles. The van der Waals surface area contributed by atoms with Gasteiger partial charge in [0.25, 0.3) is 5.91 Å². The van der Waals surface area contributed by atoms with E-state index in [0.717, 1.165) is 13.0 Å². The summed E-state index contributed by atoms with van der Waals surface area (Å²) in [6.07, 6.45) is 1.69. The van der Waals surface area contributed by atoms with Gasteiger partial charge in [-0.2, -0.15) is 0 Å². The minimum absolute atomic E-state index is 0. The van der Waals surface area contributed by atoms with Gasteiger partial charge in [0, 0.05) is 0 Å². The first-order valence-corrected chi connectivity index (χ1v) is 8.43. The Labute approximate surface area is 132 Å². The molecule has 5 nitrogen and oxygen atoms in total. The van der Waals surface area contributed by atoms with Crippen LogP contribution in [0.15, 0.2) is 30.3 Å². The standard InChI is InChI=1S/C14H20N2O3S.ClH/c1-11-7-8-15-13(9-11)14(17)16-20(18,19)10-12-5-3-2-4-6-12;/h2-6,11,13,15H,7-10H2,1H3,(H,16,17);1H/t11-,13-;/m1./s1. The minimum Gasteiger partial charge on any atom is -0.306 e. The summed E-state index contributed by atoms with van der Waals surface area (Å²) in [5, 5.41) is 3.06. The SMILES string of the molecule is C[C@@H]1CCN[C@@H](C(=O)NS(=O)(=O)Cc2ccccc2)C1.Cl. The highest BCUT2D eigenvalue weighted by atomic mass is 35.5. The monoisotopic (exact) mass is 332 g/mol. The van der Waals surface area contributed by atoms with Crippen LogP contribution in [0.5, 0.6) is 0 Å². The Morgan fingerprint density at radius 1 is 1.33 bits per heavy atom. The number of piperidine rings is 1. The van der Waals surface area contributed by atoms with Crippen molar-refractivity contribution in [3.63, 3.8) is 0 Å². The number of nitrogens with one attached hydrogen (secondary N) is 2. The van der Waals surface area contributed by atoms with E-state index in [1.54, 1.807) is 24.3 Å². The molecule has 2 rings (SSSR count). The van der Waals surface area contributed by atoms with E-state index in [4.69, 9.17) is 0 Å². The van der Waals surface area contributed by atoms with Crippen LogP contribution in [-0.2, 0) is 20.6 Å². The molecule has 1 fully saturated rings. The van der Waals surface area contributed by atoms with Crippen molar-refractivity contribution >= 4 is 28.3 Å². The number of carbonyl (C=O) groups excluding carboxylic acids is 1. The molecule has 1 aliphatic rings. The van der Waals surface area contributed by atoms with E-state index in [1.807, 2.05) is 6.07 Å². The summed E-state index contributed by atoms with van der Waals surface area (Å²) in [7, 11) is -3.64. The molecule has 1 aromatic rings. The van der Waals surface area contributed by atoms with Gasteiger partial charge in [0.05, 0.1) is 11.8 Å². The maximum atomic E-state index is 12.0. The fourth-order valence-corrected chi connectivity index (χ4v) is 3.51. The molecule has 1 amide bonds. The third-order valence-corrected chi connectivity index (χ3v) is 4.66. The Kier molecular flexibility index (Phi) is 6.64. The molecule has 0 saturated carbocycles. The molecule has 1 aliphatic heterocycles. The van der Waals surface area contributed by atoms with Crippen LogP contribution in [0.2, 0.25) is 0 Å². The number of hydrogen-bond acceptors (Lipinski definition) is 4. The lowest BCUT2D eigenvalue weighted by Gasteiger charge is -2.27. The van der Waals surface area contributed by atoms with Crippen LogP contribution in [-0.4, -0.2) is 26.9 Å². The summed E-state index contributed by atoms with van der Waals surface area (Å²) in [5.74, 6) is -0.196. The number of amides is 1.